The third kappa shape index (κ3) is 6.86. The van der Waals surface area contributed by atoms with Gasteiger partial charge in [0.05, 0.1) is 0 Å². The van der Waals surface area contributed by atoms with Gasteiger partial charge >= 0.3 is 6.09 Å². The Morgan fingerprint density at radius 1 is 0.970 bits per heavy atom. The molecule has 6 heteroatoms. The standard InChI is InChI=1S/C27H32N4O2/c1-21-12-13-28-25(19-21)20-23-8-10-26(11-9-23)33-27(32)31-17-15-30(16-18-31)14-4-7-24-6-3-5-22(2)29-24/h3,5-6,8-13,19H,4,7,14-18,20H2,1-2H3. The SMILES string of the molecule is Cc1ccnc(Cc2ccc(OC(=O)N3CCN(CCCc4cccc(C)n4)CC3)cc2)c1. The number of amides is 1. The highest BCUT2D eigenvalue weighted by Crippen LogP contribution is 2.17. The second-order valence-electron chi connectivity index (χ2n) is 8.72. The number of aryl methyl sites for hydroxylation is 3. The van der Waals surface area contributed by atoms with E-state index in [1.807, 2.05) is 49.5 Å². The van der Waals surface area contributed by atoms with Gasteiger partial charge < -0.3 is 9.64 Å². The molecule has 3 aromatic rings. The molecule has 0 unspecified atom stereocenters. The largest absolute Gasteiger partial charge is 0.415 e. The van der Waals surface area contributed by atoms with Crippen molar-refractivity contribution in [3.8, 4) is 5.75 Å². The molecule has 0 N–H and O–H groups in total. The summed E-state index contributed by atoms with van der Waals surface area (Å²) < 4.78 is 5.61. The number of benzene rings is 1. The Balaban J connectivity index is 1.19. The highest BCUT2D eigenvalue weighted by atomic mass is 16.6. The van der Waals surface area contributed by atoms with Crippen LogP contribution in [0, 0.1) is 13.8 Å². The molecule has 1 saturated heterocycles. The first-order chi connectivity index (χ1) is 16.0. The zero-order chi connectivity index (χ0) is 23.0. The molecule has 6 nitrogen and oxygen atoms in total. The van der Waals surface area contributed by atoms with Crippen LogP contribution in [0.2, 0.25) is 0 Å². The topological polar surface area (TPSA) is 58.6 Å². The molecule has 3 heterocycles. The molecule has 2 aromatic heterocycles. The predicted molar refractivity (Wildman–Crippen MR) is 130 cm³/mol. The van der Waals surface area contributed by atoms with Gasteiger partial charge in [-0.15, -0.1) is 0 Å². The lowest BCUT2D eigenvalue weighted by Crippen LogP contribution is -2.49. The van der Waals surface area contributed by atoms with Gasteiger partial charge in [-0.1, -0.05) is 18.2 Å². The van der Waals surface area contributed by atoms with Crippen LogP contribution in [-0.2, 0) is 12.8 Å². The maximum absolute atomic E-state index is 12.6. The van der Waals surface area contributed by atoms with E-state index in [-0.39, 0.29) is 6.09 Å². The average Bonchev–Trinajstić information content (AvgIpc) is 2.81. The number of aromatic nitrogens is 2. The first-order valence-corrected chi connectivity index (χ1v) is 11.7. The summed E-state index contributed by atoms with van der Waals surface area (Å²) in [6.07, 6.45) is 4.39. The summed E-state index contributed by atoms with van der Waals surface area (Å²) in [5.74, 6) is 0.578. The van der Waals surface area contributed by atoms with Gasteiger partial charge in [0.1, 0.15) is 5.75 Å². The van der Waals surface area contributed by atoms with Crippen molar-refractivity contribution >= 4 is 6.09 Å². The summed E-state index contributed by atoms with van der Waals surface area (Å²) in [6, 6.07) is 18.0. The van der Waals surface area contributed by atoms with Crippen molar-refractivity contribution in [1.82, 2.24) is 19.8 Å². The van der Waals surface area contributed by atoms with Crippen molar-refractivity contribution in [2.75, 3.05) is 32.7 Å². The quantitative estimate of drug-likeness (QED) is 0.539. The zero-order valence-electron chi connectivity index (χ0n) is 19.5. The molecule has 4 rings (SSSR count). The first kappa shape index (κ1) is 22.9. The van der Waals surface area contributed by atoms with Gasteiger partial charge in [-0.25, -0.2) is 4.79 Å². The molecule has 33 heavy (non-hydrogen) atoms. The lowest BCUT2D eigenvalue weighted by Gasteiger charge is -2.34. The van der Waals surface area contributed by atoms with Gasteiger partial charge in [0, 0.05) is 55.9 Å². The number of rotatable bonds is 7. The number of hydrogen-bond acceptors (Lipinski definition) is 5. The molecule has 1 aromatic carbocycles. The van der Waals surface area contributed by atoms with Crippen LogP contribution in [-0.4, -0.2) is 58.6 Å². The number of hydrogen-bond donors (Lipinski definition) is 0. The summed E-state index contributed by atoms with van der Waals surface area (Å²) in [5.41, 5.74) is 5.60. The summed E-state index contributed by atoms with van der Waals surface area (Å²) in [7, 11) is 0. The molecule has 0 radical (unpaired) electrons. The van der Waals surface area contributed by atoms with E-state index in [4.69, 9.17) is 4.74 Å². The van der Waals surface area contributed by atoms with E-state index < -0.39 is 0 Å². The van der Waals surface area contributed by atoms with Crippen LogP contribution >= 0.6 is 0 Å². The Labute approximate surface area is 196 Å². The monoisotopic (exact) mass is 444 g/mol. The fourth-order valence-electron chi connectivity index (χ4n) is 4.12. The van der Waals surface area contributed by atoms with Crippen molar-refractivity contribution < 1.29 is 9.53 Å². The molecule has 0 spiro atoms. The van der Waals surface area contributed by atoms with Gasteiger partial charge in [0.25, 0.3) is 0 Å². The highest BCUT2D eigenvalue weighted by molar-refractivity contribution is 5.70. The lowest BCUT2D eigenvalue weighted by molar-refractivity contribution is 0.110. The molecule has 0 bridgehead atoms. The molecule has 0 atom stereocenters. The minimum absolute atomic E-state index is 0.272. The van der Waals surface area contributed by atoms with Crippen LogP contribution in [0.25, 0.3) is 0 Å². The maximum Gasteiger partial charge on any atom is 0.415 e. The molecule has 1 aliphatic heterocycles. The smallest absolute Gasteiger partial charge is 0.410 e. The minimum atomic E-state index is -0.272. The molecule has 1 amide bonds. The average molecular weight is 445 g/mol. The Hall–Kier alpha value is -3.25. The Bertz CT molecular complexity index is 1060. The Morgan fingerprint density at radius 2 is 1.76 bits per heavy atom. The van der Waals surface area contributed by atoms with Crippen LogP contribution in [0.5, 0.6) is 5.75 Å². The second kappa shape index (κ2) is 11.1. The predicted octanol–water partition coefficient (Wildman–Crippen LogP) is 4.43. The zero-order valence-corrected chi connectivity index (χ0v) is 19.5. The first-order valence-electron chi connectivity index (χ1n) is 11.7. The molecule has 0 saturated carbocycles. The summed E-state index contributed by atoms with van der Waals surface area (Å²) in [4.78, 5) is 25.8. The van der Waals surface area contributed by atoms with E-state index in [0.717, 1.165) is 61.5 Å². The number of ether oxygens (including phenoxy) is 1. The van der Waals surface area contributed by atoms with E-state index >= 15 is 0 Å². The number of carbonyl (C=O) groups excluding carboxylic acids is 1. The van der Waals surface area contributed by atoms with Gasteiger partial charge in [0.15, 0.2) is 0 Å². The normalized spacial score (nSPS) is 14.3. The summed E-state index contributed by atoms with van der Waals surface area (Å²) in [5, 5.41) is 0. The molecular weight excluding hydrogens is 412 g/mol. The van der Waals surface area contributed by atoms with Crippen molar-refractivity contribution in [1.29, 1.82) is 0 Å². The van der Waals surface area contributed by atoms with Crippen molar-refractivity contribution in [2.24, 2.45) is 0 Å². The number of nitrogens with zero attached hydrogens (tertiary/aromatic N) is 4. The van der Waals surface area contributed by atoms with Crippen LogP contribution in [0.15, 0.2) is 60.8 Å². The van der Waals surface area contributed by atoms with Crippen molar-refractivity contribution in [2.45, 2.75) is 33.1 Å². The Kier molecular flexibility index (Phi) is 7.68. The van der Waals surface area contributed by atoms with E-state index in [1.54, 1.807) is 4.90 Å². The van der Waals surface area contributed by atoms with E-state index in [0.29, 0.717) is 18.8 Å². The van der Waals surface area contributed by atoms with Gasteiger partial charge in [-0.3, -0.25) is 14.9 Å². The second-order valence-corrected chi connectivity index (χ2v) is 8.72. The van der Waals surface area contributed by atoms with Crippen LogP contribution < -0.4 is 4.74 Å². The maximum atomic E-state index is 12.6. The Morgan fingerprint density at radius 3 is 2.48 bits per heavy atom. The molecule has 0 aliphatic carbocycles. The molecule has 1 fully saturated rings. The van der Waals surface area contributed by atoms with E-state index in [1.165, 1.54) is 5.56 Å². The van der Waals surface area contributed by atoms with Gasteiger partial charge in [-0.2, -0.15) is 0 Å². The number of piperazine rings is 1. The molecule has 1 aliphatic rings. The van der Waals surface area contributed by atoms with E-state index in [9.17, 15) is 4.79 Å². The summed E-state index contributed by atoms with van der Waals surface area (Å²) in [6.45, 7) is 8.25. The van der Waals surface area contributed by atoms with Crippen molar-refractivity contribution in [3.05, 3.63) is 89.0 Å². The third-order valence-corrected chi connectivity index (χ3v) is 5.97. The van der Waals surface area contributed by atoms with E-state index in [2.05, 4.69) is 40.0 Å². The van der Waals surface area contributed by atoms with Gasteiger partial charge in [0.2, 0.25) is 0 Å². The fraction of sp³-hybridized carbons (Fsp3) is 0.370. The van der Waals surface area contributed by atoms with Gasteiger partial charge in [-0.05, 0) is 80.8 Å². The van der Waals surface area contributed by atoms with Crippen LogP contribution in [0.4, 0.5) is 4.79 Å². The van der Waals surface area contributed by atoms with Crippen molar-refractivity contribution in [3.63, 3.8) is 0 Å². The minimum Gasteiger partial charge on any atom is -0.410 e. The highest BCUT2D eigenvalue weighted by Gasteiger charge is 2.22. The van der Waals surface area contributed by atoms with Crippen LogP contribution in [0.1, 0.15) is 34.6 Å². The molecule has 172 valence electrons. The summed E-state index contributed by atoms with van der Waals surface area (Å²) >= 11 is 0. The third-order valence-electron chi connectivity index (χ3n) is 5.97. The number of pyridine rings is 2. The molecular formula is C27H32N4O2. The van der Waals surface area contributed by atoms with Crippen LogP contribution in [0.3, 0.4) is 0 Å². The lowest BCUT2D eigenvalue weighted by atomic mass is 10.1. The number of carbonyl (C=O) groups is 1. The fourth-order valence-corrected chi connectivity index (χ4v) is 4.12.